The Labute approximate surface area is 373 Å². The molecule has 0 heterocycles. The SMILES string of the molecule is CCCCCCCCCCCCCCCCSc1cccc(SCCCCCCCCCCCCCCCC)c1SCCCCCCCCCCCCCCCC. The van der Waals surface area contributed by atoms with Gasteiger partial charge in [0.25, 0.3) is 0 Å². The lowest BCUT2D eigenvalue weighted by Crippen LogP contribution is -1.91. The van der Waals surface area contributed by atoms with Crippen molar-refractivity contribution in [3.63, 3.8) is 0 Å². The van der Waals surface area contributed by atoms with E-state index in [2.05, 4.69) is 74.3 Å². The summed E-state index contributed by atoms with van der Waals surface area (Å²) in [5, 5.41) is 0. The van der Waals surface area contributed by atoms with Crippen molar-refractivity contribution in [1.82, 2.24) is 0 Å². The summed E-state index contributed by atoms with van der Waals surface area (Å²) in [5.74, 6) is 3.87. The van der Waals surface area contributed by atoms with Gasteiger partial charge in [-0.1, -0.05) is 277 Å². The maximum absolute atomic E-state index is 2.44. The first-order chi connectivity index (χ1) is 28.3. The highest BCUT2D eigenvalue weighted by Gasteiger charge is 2.11. The summed E-state index contributed by atoms with van der Waals surface area (Å²) in [4.78, 5) is 4.77. The molecule has 1 aromatic rings. The standard InChI is InChI=1S/C54H102S3/c1-4-7-10-13-16-19-22-25-28-31-34-37-40-43-49-55-52-47-46-48-53(56-50-44-41-38-35-32-29-26-23-20-17-14-11-8-5-2)54(52)57-51-45-42-39-36-33-30-27-24-21-18-15-12-9-6-3/h46-48H,4-45,49-51H2,1-3H3. The lowest BCUT2D eigenvalue weighted by Gasteiger charge is -2.14. The number of hydrogen-bond acceptors (Lipinski definition) is 3. The van der Waals surface area contributed by atoms with Gasteiger partial charge in [-0.3, -0.25) is 0 Å². The van der Waals surface area contributed by atoms with E-state index in [1.807, 2.05) is 0 Å². The van der Waals surface area contributed by atoms with Crippen molar-refractivity contribution in [2.24, 2.45) is 0 Å². The largest absolute Gasteiger partial charge is 0.125 e. The third-order valence-corrected chi connectivity index (χ3v) is 16.0. The van der Waals surface area contributed by atoms with Gasteiger partial charge in [-0.15, -0.1) is 35.3 Å². The van der Waals surface area contributed by atoms with E-state index in [0.29, 0.717) is 0 Å². The second-order valence-electron chi connectivity index (χ2n) is 17.9. The Balaban J connectivity index is 2.32. The van der Waals surface area contributed by atoms with Gasteiger partial charge in [0.2, 0.25) is 0 Å². The molecular weight excluding hydrogens is 745 g/mol. The zero-order valence-electron chi connectivity index (χ0n) is 39.3. The van der Waals surface area contributed by atoms with E-state index in [1.165, 1.54) is 287 Å². The van der Waals surface area contributed by atoms with Crippen LogP contribution in [-0.2, 0) is 0 Å². The molecule has 3 heteroatoms. The topological polar surface area (TPSA) is 0 Å². The summed E-state index contributed by atoms with van der Waals surface area (Å²) in [6.07, 6.45) is 60.6. The van der Waals surface area contributed by atoms with Crippen LogP contribution in [0.4, 0.5) is 0 Å². The second-order valence-corrected chi connectivity index (χ2v) is 21.3. The van der Waals surface area contributed by atoms with E-state index in [4.69, 9.17) is 0 Å². The highest BCUT2D eigenvalue weighted by Crippen LogP contribution is 2.40. The molecule has 0 saturated carbocycles. The van der Waals surface area contributed by atoms with Gasteiger partial charge in [-0.2, -0.15) is 0 Å². The molecule has 0 aliphatic rings. The number of benzene rings is 1. The van der Waals surface area contributed by atoms with Crippen LogP contribution in [0.1, 0.15) is 290 Å². The van der Waals surface area contributed by atoms with Crippen molar-refractivity contribution in [3.05, 3.63) is 18.2 Å². The molecule has 0 spiro atoms. The molecule has 0 N–H and O–H groups in total. The zero-order chi connectivity index (χ0) is 40.8. The van der Waals surface area contributed by atoms with Crippen LogP contribution in [0, 0.1) is 0 Å². The average molecular weight is 848 g/mol. The summed E-state index contributed by atoms with van der Waals surface area (Å²) < 4.78 is 0. The molecule has 1 rings (SSSR count). The predicted octanol–water partition coefficient (Wildman–Crippen LogP) is 21.4. The molecule has 0 atom stereocenters. The van der Waals surface area contributed by atoms with Crippen LogP contribution in [0.25, 0.3) is 0 Å². The Kier molecular flexibility index (Phi) is 45.9. The van der Waals surface area contributed by atoms with E-state index in [-0.39, 0.29) is 0 Å². The Bertz CT molecular complexity index is 847. The third-order valence-electron chi connectivity index (χ3n) is 12.2. The van der Waals surface area contributed by atoms with Gasteiger partial charge in [0.15, 0.2) is 0 Å². The molecule has 0 aromatic heterocycles. The summed E-state index contributed by atoms with van der Waals surface area (Å²) in [7, 11) is 0. The molecule has 0 unspecified atom stereocenters. The van der Waals surface area contributed by atoms with Gasteiger partial charge in [-0.25, -0.2) is 0 Å². The Hall–Kier alpha value is 0.270. The van der Waals surface area contributed by atoms with Crippen LogP contribution in [0.3, 0.4) is 0 Å². The average Bonchev–Trinajstić information content (AvgIpc) is 3.22. The van der Waals surface area contributed by atoms with Crippen molar-refractivity contribution in [3.8, 4) is 0 Å². The van der Waals surface area contributed by atoms with Gasteiger partial charge < -0.3 is 0 Å². The summed E-state index contributed by atoms with van der Waals surface area (Å²) in [6, 6.07) is 7.24. The predicted molar refractivity (Wildman–Crippen MR) is 270 cm³/mol. The quantitative estimate of drug-likeness (QED) is 0.0474. The summed E-state index contributed by atoms with van der Waals surface area (Å²) >= 11 is 6.52. The fourth-order valence-corrected chi connectivity index (χ4v) is 12.0. The lowest BCUT2D eigenvalue weighted by atomic mass is 10.0. The maximum atomic E-state index is 2.44. The van der Waals surface area contributed by atoms with E-state index in [1.54, 1.807) is 14.7 Å². The fourth-order valence-electron chi connectivity index (χ4n) is 8.29. The van der Waals surface area contributed by atoms with Crippen LogP contribution in [0.15, 0.2) is 32.9 Å². The van der Waals surface area contributed by atoms with E-state index in [9.17, 15) is 0 Å². The molecule has 1 aromatic carbocycles. The monoisotopic (exact) mass is 847 g/mol. The molecule has 0 amide bonds. The van der Waals surface area contributed by atoms with Crippen molar-refractivity contribution < 1.29 is 0 Å². The molecule has 336 valence electrons. The second kappa shape index (κ2) is 47.3. The Morgan fingerprint density at radius 3 is 0.667 bits per heavy atom. The normalized spacial score (nSPS) is 11.6. The van der Waals surface area contributed by atoms with Crippen LogP contribution >= 0.6 is 35.3 Å². The molecule has 57 heavy (non-hydrogen) atoms. The number of unbranched alkanes of at least 4 members (excludes halogenated alkanes) is 39. The van der Waals surface area contributed by atoms with Gasteiger partial charge in [-0.05, 0) is 48.7 Å². The number of rotatable bonds is 48. The maximum Gasteiger partial charge on any atom is 0.0344 e. The minimum atomic E-state index is 1.29. The van der Waals surface area contributed by atoms with Gasteiger partial charge in [0, 0.05) is 14.7 Å². The van der Waals surface area contributed by atoms with Gasteiger partial charge >= 0.3 is 0 Å². The van der Waals surface area contributed by atoms with Crippen LogP contribution in [0.2, 0.25) is 0 Å². The van der Waals surface area contributed by atoms with Crippen LogP contribution in [0.5, 0.6) is 0 Å². The molecule has 0 saturated heterocycles. The van der Waals surface area contributed by atoms with Gasteiger partial charge in [0.05, 0.1) is 0 Å². The first-order valence-corrected chi connectivity index (χ1v) is 29.3. The minimum absolute atomic E-state index is 1.29. The number of thioether (sulfide) groups is 3. The molecule has 0 radical (unpaired) electrons. The Morgan fingerprint density at radius 1 is 0.246 bits per heavy atom. The lowest BCUT2D eigenvalue weighted by molar-refractivity contribution is 0.538. The molecular formula is C54H102S3. The summed E-state index contributed by atoms with van der Waals surface area (Å²) in [5.41, 5.74) is 0. The summed E-state index contributed by atoms with van der Waals surface area (Å²) in [6.45, 7) is 6.95. The smallest absolute Gasteiger partial charge is 0.0344 e. The third kappa shape index (κ3) is 38.9. The number of hydrogen-bond donors (Lipinski definition) is 0. The van der Waals surface area contributed by atoms with Crippen molar-refractivity contribution in [2.45, 2.75) is 305 Å². The van der Waals surface area contributed by atoms with Crippen LogP contribution in [-0.4, -0.2) is 17.3 Å². The van der Waals surface area contributed by atoms with Crippen molar-refractivity contribution in [2.75, 3.05) is 17.3 Å². The van der Waals surface area contributed by atoms with Crippen LogP contribution < -0.4 is 0 Å². The first-order valence-electron chi connectivity index (χ1n) is 26.3. The molecule has 0 aliphatic heterocycles. The first kappa shape index (κ1) is 55.3. The Morgan fingerprint density at radius 2 is 0.439 bits per heavy atom. The van der Waals surface area contributed by atoms with Crippen molar-refractivity contribution >= 4 is 35.3 Å². The highest BCUT2D eigenvalue weighted by molar-refractivity contribution is 8.03. The molecule has 0 aliphatic carbocycles. The van der Waals surface area contributed by atoms with E-state index in [0.717, 1.165) is 0 Å². The molecule has 0 bridgehead atoms. The van der Waals surface area contributed by atoms with E-state index >= 15 is 0 Å². The molecule has 0 nitrogen and oxygen atoms in total. The molecule has 0 fully saturated rings. The van der Waals surface area contributed by atoms with E-state index < -0.39 is 0 Å². The zero-order valence-corrected chi connectivity index (χ0v) is 41.7. The fraction of sp³-hybridized carbons (Fsp3) is 0.889. The van der Waals surface area contributed by atoms with Crippen molar-refractivity contribution in [1.29, 1.82) is 0 Å². The van der Waals surface area contributed by atoms with Gasteiger partial charge in [0.1, 0.15) is 0 Å². The minimum Gasteiger partial charge on any atom is -0.125 e. The highest BCUT2D eigenvalue weighted by atomic mass is 32.2.